The third kappa shape index (κ3) is 4.31. The molecule has 1 fully saturated rings. The molecule has 188 valence electrons. The van der Waals surface area contributed by atoms with Crippen molar-refractivity contribution in [2.45, 2.75) is 44.8 Å². The zero-order chi connectivity index (χ0) is 25.5. The van der Waals surface area contributed by atoms with E-state index >= 15 is 0 Å². The molecule has 0 spiro atoms. The maximum atomic E-state index is 13.0. The first-order chi connectivity index (χ1) is 18.0. The molecule has 2 heterocycles. The smallest absolute Gasteiger partial charge is 0.341 e. The summed E-state index contributed by atoms with van der Waals surface area (Å²) in [6.07, 6.45) is 6.20. The first-order valence-corrected chi connectivity index (χ1v) is 13.2. The zero-order valence-corrected chi connectivity index (χ0v) is 21.2. The minimum Gasteiger partial charge on any atom is -0.494 e. The molecule has 0 atom stereocenters. The molecule has 1 N–H and O–H groups in total. The van der Waals surface area contributed by atoms with Crippen LogP contribution in [0.5, 0.6) is 5.75 Å². The summed E-state index contributed by atoms with van der Waals surface area (Å²) >= 11 is 1.70. The molecular formula is C29H26N2O5S. The van der Waals surface area contributed by atoms with Gasteiger partial charge < -0.3 is 19.2 Å². The number of nitrogens with zero attached hydrogens (tertiary/aromatic N) is 2. The van der Waals surface area contributed by atoms with Gasteiger partial charge in [-0.25, -0.2) is 4.79 Å². The Balaban J connectivity index is 1.42. The minimum absolute atomic E-state index is 0.169. The zero-order valence-electron chi connectivity index (χ0n) is 20.4. The maximum absolute atomic E-state index is 13.0. The van der Waals surface area contributed by atoms with E-state index in [0.717, 1.165) is 59.4 Å². The van der Waals surface area contributed by atoms with Crippen molar-refractivity contribution in [2.75, 3.05) is 7.11 Å². The number of thiophene rings is 1. The number of rotatable bonds is 7. The molecule has 6 rings (SSSR count). The molecule has 0 bridgehead atoms. The van der Waals surface area contributed by atoms with Crippen LogP contribution in [0, 0.1) is 0 Å². The van der Waals surface area contributed by atoms with Crippen molar-refractivity contribution in [3.63, 3.8) is 0 Å². The molecule has 8 heteroatoms. The van der Waals surface area contributed by atoms with Crippen LogP contribution in [0.15, 0.2) is 64.7 Å². The fourth-order valence-electron chi connectivity index (χ4n) is 5.01. The van der Waals surface area contributed by atoms with E-state index in [1.165, 1.54) is 11.1 Å². The van der Waals surface area contributed by atoms with Gasteiger partial charge in [-0.15, -0.1) is 11.3 Å². The molecule has 37 heavy (non-hydrogen) atoms. The van der Waals surface area contributed by atoms with Crippen LogP contribution in [0.1, 0.15) is 58.1 Å². The number of pyridine rings is 1. The number of fused-ring (bicyclic) bond motifs is 2. The normalized spacial score (nSPS) is 16.1. The van der Waals surface area contributed by atoms with Crippen LogP contribution in [-0.2, 0) is 17.9 Å². The summed E-state index contributed by atoms with van der Waals surface area (Å²) < 4.78 is 7.82. The monoisotopic (exact) mass is 514 g/mol. The van der Waals surface area contributed by atoms with Crippen molar-refractivity contribution in [1.82, 2.24) is 4.57 Å². The number of aromatic carboxylic acids is 1. The summed E-state index contributed by atoms with van der Waals surface area (Å²) in [7, 11) is 1.60. The lowest BCUT2D eigenvalue weighted by Crippen LogP contribution is -2.19. The van der Waals surface area contributed by atoms with Crippen LogP contribution in [-0.4, -0.2) is 28.5 Å². The Morgan fingerprint density at radius 2 is 1.95 bits per heavy atom. The summed E-state index contributed by atoms with van der Waals surface area (Å²) in [5.41, 5.74) is 3.96. The number of carboxylic acids is 1. The highest BCUT2D eigenvalue weighted by Gasteiger charge is 2.30. The van der Waals surface area contributed by atoms with Crippen molar-refractivity contribution in [3.05, 3.63) is 86.5 Å². The van der Waals surface area contributed by atoms with E-state index in [0.29, 0.717) is 23.3 Å². The van der Waals surface area contributed by atoms with Crippen molar-refractivity contribution >= 4 is 33.9 Å². The van der Waals surface area contributed by atoms with Crippen molar-refractivity contribution in [2.24, 2.45) is 5.16 Å². The number of methoxy groups -OCH3 is 1. The van der Waals surface area contributed by atoms with E-state index in [4.69, 9.17) is 9.57 Å². The van der Waals surface area contributed by atoms with Gasteiger partial charge in [-0.3, -0.25) is 4.79 Å². The van der Waals surface area contributed by atoms with E-state index in [9.17, 15) is 14.7 Å². The number of hydrogen-bond donors (Lipinski definition) is 1. The van der Waals surface area contributed by atoms with E-state index in [2.05, 4.69) is 11.2 Å². The quantitative estimate of drug-likeness (QED) is 0.304. The van der Waals surface area contributed by atoms with Crippen LogP contribution >= 0.6 is 11.3 Å². The number of benzene rings is 2. The molecule has 4 aromatic rings. The van der Waals surface area contributed by atoms with Crippen LogP contribution < -0.4 is 10.2 Å². The average Bonchev–Trinajstić information content (AvgIpc) is 3.66. The SMILES string of the molecule is COc1c(-c2cc3c(s2)CCC/C3=N\OCc2ccccc2)ccc2c(=O)c(C(=O)O)cn(C3CC3)c12. The van der Waals surface area contributed by atoms with Gasteiger partial charge in [0.05, 0.1) is 23.7 Å². The van der Waals surface area contributed by atoms with Gasteiger partial charge in [0.15, 0.2) is 5.75 Å². The largest absolute Gasteiger partial charge is 0.494 e. The first kappa shape index (κ1) is 23.5. The second kappa shape index (κ2) is 9.52. The Morgan fingerprint density at radius 3 is 2.68 bits per heavy atom. The van der Waals surface area contributed by atoms with Gasteiger partial charge in [0.2, 0.25) is 5.43 Å². The Kier molecular flexibility index (Phi) is 6.04. The van der Waals surface area contributed by atoms with Crippen LogP contribution in [0.25, 0.3) is 21.3 Å². The van der Waals surface area contributed by atoms with Crippen molar-refractivity contribution in [3.8, 4) is 16.2 Å². The van der Waals surface area contributed by atoms with Gasteiger partial charge in [0.1, 0.15) is 12.2 Å². The summed E-state index contributed by atoms with van der Waals surface area (Å²) in [4.78, 5) is 32.7. The van der Waals surface area contributed by atoms with Gasteiger partial charge in [0.25, 0.3) is 0 Å². The van der Waals surface area contributed by atoms with Gasteiger partial charge >= 0.3 is 5.97 Å². The topological polar surface area (TPSA) is 90.1 Å². The molecule has 0 aliphatic heterocycles. The average molecular weight is 515 g/mol. The fraction of sp³-hybridized carbons (Fsp3) is 0.276. The molecule has 0 unspecified atom stereocenters. The predicted octanol–water partition coefficient (Wildman–Crippen LogP) is 6.03. The third-order valence-corrected chi connectivity index (χ3v) is 8.20. The molecular weight excluding hydrogens is 488 g/mol. The lowest BCUT2D eigenvalue weighted by atomic mass is 9.96. The standard InChI is InChI=1S/C29H26N2O5S/c1-35-28-19(12-13-20-26(28)31(18-10-11-18)15-22(27(20)32)29(33)34)25-14-21-23(8-5-9-24(21)37-25)30-36-16-17-6-3-2-4-7-17/h2-4,6-7,12-15,18H,5,8-11,16H2,1H3,(H,33,34)/b30-23+. The lowest BCUT2D eigenvalue weighted by molar-refractivity contribution is 0.0695. The first-order valence-electron chi connectivity index (χ1n) is 12.4. The van der Waals surface area contributed by atoms with Crippen LogP contribution in [0.3, 0.4) is 0 Å². The van der Waals surface area contributed by atoms with E-state index in [-0.39, 0.29) is 11.6 Å². The summed E-state index contributed by atoms with van der Waals surface area (Å²) in [6.45, 7) is 0.423. The number of ether oxygens (including phenoxy) is 1. The fourth-order valence-corrected chi connectivity index (χ4v) is 6.25. The highest BCUT2D eigenvalue weighted by atomic mass is 32.1. The minimum atomic E-state index is -1.21. The van der Waals surface area contributed by atoms with E-state index in [1.54, 1.807) is 24.5 Å². The number of aromatic nitrogens is 1. The number of carboxylic acid groups (broad SMARTS) is 1. The summed E-state index contributed by atoms with van der Waals surface area (Å²) in [5, 5.41) is 14.5. The molecule has 2 aromatic heterocycles. The highest BCUT2D eigenvalue weighted by Crippen LogP contribution is 2.45. The van der Waals surface area contributed by atoms with Crippen LogP contribution in [0.4, 0.5) is 0 Å². The van der Waals surface area contributed by atoms with Crippen molar-refractivity contribution in [1.29, 1.82) is 0 Å². The van der Waals surface area contributed by atoms with Gasteiger partial charge in [-0.05, 0) is 55.9 Å². The Bertz CT molecular complexity index is 1600. The summed E-state index contributed by atoms with van der Waals surface area (Å²) in [5.74, 6) is -0.618. The Hall–Kier alpha value is -3.91. The molecule has 2 aromatic carbocycles. The molecule has 7 nitrogen and oxygen atoms in total. The van der Waals surface area contributed by atoms with E-state index < -0.39 is 11.4 Å². The second-order valence-corrected chi connectivity index (χ2v) is 10.6. The molecule has 0 amide bonds. The highest BCUT2D eigenvalue weighted by molar-refractivity contribution is 7.16. The van der Waals surface area contributed by atoms with Crippen LogP contribution in [0.2, 0.25) is 0 Å². The van der Waals surface area contributed by atoms with Gasteiger partial charge in [-0.1, -0.05) is 35.5 Å². The number of hydrogen-bond acceptors (Lipinski definition) is 6. The summed E-state index contributed by atoms with van der Waals surface area (Å²) in [6, 6.07) is 15.9. The third-order valence-electron chi connectivity index (χ3n) is 6.97. The second-order valence-electron chi connectivity index (χ2n) is 9.46. The Labute approximate surface area is 217 Å². The lowest BCUT2D eigenvalue weighted by Gasteiger charge is -2.17. The molecule has 2 aliphatic rings. The number of oxime groups is 1. The predicted molar refractivity (Wildman–Crippen MR) is 144 cm³/mol. The number of aryl methyl sites for hydroxylation is 1. The van der Waals surface area contributed by atoms with E-state index in [1.807, 2.05) is 41.0 Å². The Morgan fingerprint density at radius 1 is 1.14 bits per heavy atom. The molecule has 0 saturated heterocycles. The van der Waals surface area contributed by atoms with Gasteiger partial charge in [0, 0.05) is 33.1 Å². The molecule has 1 saturated carbocycles. The van der Waals surface area contributed by atoms with Gasteiger partial charge in [-0.2, -0.15) is 0 Å². The molecule has 2 aliphatic carbocycles. The maximum Gasteiger partial charge on any atom is 0.341 e. The van der Waals surface area contributed by atoms with Crippen molar-refractivity contribution < 1.29 is 19.5 Å². The number of carbonyl (C=O) groups is 1. The molecule has 0 radical (unpaired) electrons.